The van der Waals surface area contributed by atoms with E-state index in [0.29, 0.717) is 18.3 Å². The predicted octanol–water partition coefficient (Wildman–Crippen LogP) is 4.52. The molecular formula is C17H14F6N2O2S. The van der Waals surface area contributed by atoms with Crippen LogP contribution in [0.1, 0.15) is 28.4 Å². The molecule has 0 saturated heterocycles. The van der Waals surface area contributed by atoms with Gasteiger partial charge in [0.1, 0.15) is 5.82 Å². The van der Waals surface area contributed by atoms with E-state index in [2.05, 4.69) is 4.98 Å². The molecule has 1 aromatic heterocycles. The third-order valence-electron chi connectivity index (χ3n) is 3.77. The summed E-state index contributed by atoms with van der Waals surface area (Å²) < 4.78 is 88.8. The number of anilines is 1. The number of alkyl halides is 6. The monoisotopic (exact) mass is 424 g/mol. The average Bonchev–Trinajstić information content (AvgIpc) is 2.64. The third kappa shape index (κ3) is 4.70. The van der Waals surface area contributed by atoms with Gasteiger partial charge in [0.25, 0.3) is 5.91 Å². The molecule has 1 atom stereocenters. The Morgan fingerprint density at radius 2 is 1.61 bits per heavy atom. The van der Waals surface area contributed by atoms with Gasteiger partial charge in [-0.15, -0.1) is 0 Å². The van der Waals surface area contributed by atoms with Crippen molar-refractivity contribution in [1.29, 1.82) is 0 Å². The minimum Gasteiger partial charge on any atom is -0.296 e. The lowest BCUT2D eigenvalue weighted by Gasteiger charge is -2.19. The highest BCUT2D eigenvalue weighted by molar-refractivity contribution is 7.85. The van der Waals surface area contributed by atoms with Crippen LogP contribution in [-0.2, 0) is 23.2 Å². The summed E-state index contributed by atoms with van der Waals surface area (Å²) in [5.41, 5.74) is -2.33. The van der Waals surface area contributed by atoms with Gasteiger partial charge in [-0.3, -0.25) is 13.9 Å². The Morgan fingerprint density at radius 3 is 2.07 bits per heavy atom. The van der Waals surface area contributed by atoms with Gasteiger partial charge in [0, 0.05) is 19.0 Å². The lowest BCUT2D eigenvalue weighted by atomic mass is 10.1. The lowest BCUT2D eigenvalue weighted by Crippen LogP contribution is -2.28. The number of rotatable bonds is 4. The Hall–Kier alpha value is -2.43. The second kappa shape index (κ2) is 7.90. The van der Waals surface area contributed by atoms with Crippen molar-refractivity contribution >= 4 is 22.5 Å². The second-order valence-corrected chi connectivity index (χ2v) is 7.32. The van der Waals surface area contributed by atoms with Crippen molar-refractivity contribution in [3.8, 4) is 0 Å². The molecule has 4 nitrogen and oxygen atoms in total. The van der Waals surface area contributed by atoms with Gasteiger partial charge >= 0.3 is 12.4 Å². The van der Waals surface area contributed by atoms with Crippen LogP contribution >= 0.6 is 0 Å². The lowest BCUT2D eigenvalue weighted by molar-refractivity contribution is -0.138. The van der Waals surface area contributed by atoms with Crippen LogP contribution < -0.4 is 4.90 Å². The molecule has 0 aliphatic heterocycles. The number of carbonyl (C=O) groups is 1. The molecule has 2 rings (SSSR count). The summed E-state index contributed by atoms with van der Waals surface area (Å²) in [6.45, 7) is 1.48. The summed E-state index contributed by atoms with van der Waals surface area (Å²) in [7, 11) is -0.670. The van der Waals surface area contributed by atoms with Crippen molar-refractivity contribution in [2.75, 3.05) is 17.7 Å². The summed E-state index contributed by atoms with van der Waals surface area (Å²) in [5.74, 6) is -1.02. The molecule has 0 saturated carbocycles. The maximum Gasteiger partial charge on any atom is 0.417 e. The molecule has 0 bridgehead atoms. The molecule has 1 unspecified atom stereocenters. The van der Waals surface area contributed by atoms with Gasteiger partial charge in [0.15, 0.2) is 0 Å². The molecule has 28 heavy (non-hydrogen) atoms. The zero-order valence-electron chi connectivity index (χ0n) is 14.6. The van der Waals surface area contributed by atoms with Crippen molar-refractivity contribution in [1.82, 2.24) is 4.98 Å². The van der Waals surface area contributed by atoms with E-state index in [-0.39, 0.29) is 22.0 Å². The summed E-state index contributed by atoms with van der Waals surface area (Å²) in [5, 5.41) is 0. The summed E-state index contributed by atoms with van der Waals surface area (Å²) in [6, 6.07) is 3.90. The smallest absolute Gasteiger partial charge is 0.296 e. The Labute approximate surface area is 158 Å². The number of hydrogen-bond acceptors (Lipinski definition) is 3. The van der Waals surface area contributed by atoms with Crippen molar-refractivity contribution < 1.29 is 35.3 Å². The molecule has 0 N–H and O–H groups in total. The number of hydrogen-bond donors (Lipinski definition) is 0. The van der Waals surface area contributed by atoms with E-state index in [1.54, 1.807) is 0 Å². The SMILES string of the molecule is CCS(=O)c1cc(C(F)(F)F)ccc1C(=O)N(C)c1ccc(C(F)(F)F)cn1. The third-order valence-corrected chi connectivity index (χ3v) is 5.12. The maximum absolute atomic E-state index is 12.9. The summed E-state index contributed by atoms with van der Waals surface area (Å²) in [4.78, 5) is 16.8. The van der Waals surface area contributed by atoms with Crippen LogP contribution in [0.15, 0.2) is 41.4 Å². The van der Waals surface area contributed by atoms with E-state index in [0.717, 1.165) is 23.1 Å². The maximum atomic E-state index is 12.9. The topological polar surface area (TPSA) is 50.3 Å². The van der Waals surface area contributed by atoms with Gasteiger partial charge in [-0.25, -0.2) is 4.98 Å². The van der Waals surface area contributed by atoms with Gasteiger partial charge in [-0.1, -0.05) is 6.92 Å². The minimum absolute atomic E-state index is 0.0240. The Bertz CT molecular complexity index is 894. The molecular weight excluding hydrogens is 410 g/mol. The zero-order valence-corrected chi connectivity index (χ0v) is 15.4. The molecule has 1 amide bonds. The molecule has 1 heterocycles. The Kier molecular flexibility index (Phi) is 6.17. The van der Waals surface area contributed by atoms with E-state index in [1.807, 2.05) is 0 Å². The van der Waals surface area contributed by atoms with E-state index in [9.17, 15) is 35.3 Å². The van der Waals surface area contributed by atoms with Crippen LogP contribution in [0, 0.1) is 0 Å². The first-order valence-corrected chi connectivity index (χ1v) is 9.09. The fourth-order valence-corrected chi connectivity index (χ4v) is 3.23. The predicted molar refractivity (Wildman–Crippen MR) is 90.4 cm³/mol. The number of amides is 1. The van der Waals surface area contributed by atoms with Crippen LogP contribution in [-0.4, -0.2) is 27.9 Å². The molecule has 0 spiro atoms. The van der Waals surface area contributed by atoms with Crippen molar-refractivity contribution in [3.63, 3.8) is 0 Å². The number of pyridine rings is 1. The highest BCUT2D eigenvalue weighted by atomic mass is 32.2. The molecule has 0 aliphatic carbocycles. The Morgan fingerprint density at radius 1 is 1.04 bits per heavy atom. The van der Waals surface area contributed by atoms with Gasteiger partial charge in [-0.2, -0.15) is 26.3 Å². The number of nitrogens with zero attached hydrogens (tertiary/aromatic N) is 2. The first-order valence-electron chi connectivity index (χ1n) is 7.77. The highest BCUT2D eigenvalue weighted by Gasteiger charge is 2.33. The van der Waals surface area contributed by atoms with Crippen LogP contribution in [0.3, 0.4) is 0 Å². The normalized spacial score (nSPS) is 13.3. The molecule has 2 aromatic rings. The molecule has 0 fully saturated rings. The first kappa shape index (κ1) is 21.9. The van der Waals surface area contributed by atoms with Gasteiger partial charge in [0.05, 0.1) is 32.4 Å². The quantitative estimate of drug-likeness (QED) is 0.678. The van der Waals surface area contributed by atoms with Gasteiger partial charge < -0.3 is 0 Å². The molecule has 152 valence electrons. The fourth-order valence-electron chi connectivity index (χ4n) is 2.26. The van der Waals surface area contributed by atoms with Crippen LogP contribution in [0.4, 0.5) is 32.2 Å². The zero-order chi connectivity index (χ0) is 21.3. The molecule has 0 aliphatic rings. The fraction of sp³-hybridized carbons (Fsp3) is 0.294. The standard InChI is InChI=1S/C17H14F6N2O2S/c1-3-28(27)13-8-10(16(18,19)20)4-6-12(13)15(26)25(2)14-7-5-11(9-24-14)17(21,22)23/h4-9H,3H2,1-2H3. The number of benzene rings is 1. The first-order chi connectivity index (χ1) is 12.9. The van der Waals surface area contributed by atoms with Gasteiger partial charge in [-0.05, 0) is 30.3 Å². The second-order valence-electron chi connectivity index (χ2n) is 5.61. The number of carbonyl (C=O) groups excluding carboxylic acids is 1. The van der Waals surface area contributed by atoms with Crippen LogP contribution in [0.25, 0.3) is 0 Å². The molecule has 11 heteroatoms. The Balaban J connectivity index is 2.43. The number of halogens is 6. The number of aromatic nitrogens is 1. The largest absolute Gasteiger partial charge is 0.417 e. The van der Waals surface area contributed by atoms with Crippen molar-refractivity contribution in [2.45, 2.75) is 24.2 Å². The summed E-state index contributed by atoms with van der Waals surface area (Å²) >= 11 is 0. The summed E-state index contributed by atoms with van der Waals surface area (Å²) in [6.07, 6.45) is -8.75. The van der Waals surface area contributed by atoms with Crippen LogP contribution in [0.2, 0.25) is 0 Å². The molecule has 0 radical (unpaired) electrons. The van der Waals surface area contributed by atoms with Crippen LogP contribution in [0.5, 0.6) is 0 Å². The van der Waals surface area contributed by atoms with Crippen molar-refractivity contribution in [2.24, 2.45) is 0 Å². The average molecular weight is 424 g/mol. The van der Waals surface area contributed by atoms with Crippen molar-refractivity contribution in [3.05, 3.63) is 53.2 Å². The van der Waals surface area contributed by atoms with E-state index in [4.69, 9.17) is 0 Å². The highest BCUT2D eigenvalue weighted by Crippen LogP contribution is 2.33. The van der Waals surface area contributed by atoms with E-state index < -0.39 is 40.2 Å². The van der Waals surface area contributed by atoms with E-state index >= 15 is 0 Å². The molecule has 1 aromatic carbocycles. The minimum atomic E-state index is -4.69. The van der Waals surface area contributed by atoms with E-state index in [1.165, 1.54) is 14.0 Å². The van der Waals surface area contributed by atoms with Gasteiger partial charge in [0.2, 0.25) is 0 Å².